The first-order valence-corrected chi connectivity index (χ1v) is 9.24. The van der Waals surface area contributed by atoms with Crippen molar-refractivity contribution in [3.63, 3.8) is 0 Å². The molecule has 0 bridgehead atoms. The molecule has 0 saturated carbocycles. The molecule has 6 nitrogen and oxygen atoms in total. The second-order valence-corrected chi connectivity index (χ2v) is 6.66. The van der Waals surface area contributed by atoms with Gasteiger partial charge in [0.1, 0.15) is 0 Å². The van der Waals surface area contributed by atoms with Crippen LogP contribution >= 0.6 is 12.4 Å². The molecule has 0 amide bonds. The fourth-order valence-corrected chi connectivity index (χ4v) is 2.95. The molecule has 0 aliphatic rings. The molecular weight excluding hydrogens is 392 g/mol. The van der Waals surface area contributed by atoms with Gasteiger partial charge in [0.05, 0.1) is 12.7 Å². The second-order valence-electron chi connectivity index (χ2n) is 6.66. The van der Waals surface area contributed by atoms with Crippen LogP contribution in [0.1, 0.15) is 32.4 Å². The number of fused-ring (bicyclic) bond motifs is 1. The zero-order chi connectivity index (χ0) is 20.1. The van der Waals surface area contributed by atoms with E-state index >= 15 is 0 Å². The number of ether oxygens (including phenoxy) is 2. The molecule has 0 saturated heterocycles. The van der Waals surface area contributed by atoms with E-state index in [2.05, 4.69) is 10.3 Å². The van der Waals surface area contributed by atoms with Gasteiger partial charge in [-0.25, -0.2) is 4.79 Å². The van der Waals surface area contributed by atoms with E-state index in [1.54, 1.807) is 30.6 Å². The Morgan fingerprint density at radius 2 is 1.90 bits per heavy atom. The zero-order valence-corrected chi connectivity index (χ0v) is 17.4. The van der Waals surface area contributed by atoms with Crippen molar-refractivity contribution in [2.75, 3.05) is 11.9 Å². The van der Waals surface area contributed by atoms with Gasteiger partial charge in [-0.2, -0.15) is 0 Å². The van der Waals surface area contributed by atoms with E-state index in [1.165, 1.54) is 0 Å². The van der Waals surface area contributed by atoms with E-state index in [4.69, 9.17) is 9.47 Å². The second kappa shape index (κ2) is 9.98. The molecule has 0 fully saturated rings. The van der Waals surface area contributed by atoms with Gasteiger partial charge in [-0.15, -0.1) is 12.4 Å². The number of carboxylic acid groups (broad SMARTS) is 1. The van der Waals surface area contributed by atoms with Crippen molar-refractivity contribution >= 4 is 34.8 Å². The van der Waals surface area contributed by atoms with Gasteiger partial charge in [0, 0.05) is 23.5 Å². The van der Waals surface area contributed by atoms with Crippen LogP contribution in [0.15, 0.2) is 54.9 Å². The van der Waals surface area contributed by atoms with Crippen molar-refractivity contribution < 1.29 is 19.4 Å². The van der Waals surface area contributed by atoms with E-state index < -0.39 is 12.0 Å². The Labute approximate surface area is 176 Å². The van der Waals surface area contributed by atoms with E-state index in [9.17, 15) is 9.90 Å². The van der Waals surface area contributed by atoms with Crippen LogP contribution in [0.4, 0.5) is 5.69 Å². The van der Waals surface area contributed by atoms with Crippen molar-refractivity contribution in [2.24, 2.45) is 0 Å². The molecule has 154 valence electrons. The third-order valence-electron chi connectivity index (χ3n) is 4.16. The Morgan fingerprint density at radius 3 is 2.59 bits per heavy atom. The van der Waals surface area contributed by atoms with Crippen molar-refractivity contribution in [1.29, 1.82) is 0 Å². The third kappa shape index (κ3) is 5.51. The number of halogens is 1. The number of hydrogen-bond donors (Lipinski definition) is 2. The van der Waals surface area contributed by atoms with Gasteiger partial charge in [-0.05, 0) is 62.1 Å². The van der Waals surface area contributed by atoms with Gasteiger partial charge < -0.3 is 19.9 Å². The summed E-state index contributed by atoms with van der Waals surface area (Å²) in [5, 5.41) is 14.9. The Morgan fingerprint density at radius 1 is 1.10 bits per heavy atom. The molecule has 1 unspecified atom stereocenters. The number of carbonyl (C=O) groups is 1. The van der Waals surface area contributed by atoms with Crippen molar-refractivity contribution in [1.82, 2.24) is 4.98 Å². The van der Waals surface area contributed by atoms with Crippen LogP contribution in [0.25, 0.3) is 10.8 Å². The predicted octanol–water partition coefficient (Wildman–Crippen LogP) is 5.08. The first-order valence-electron chi connectivity index (χ1n) is 9.24. The number of aliphatic carboxylic acids is 1. The Balaban J connectivity index is 0.00000300. The number of anilines is 1. The summed E-state index contributed by atoms with van der Waals surface area (Å²) in [6.45, 7) is 6.20. The number of rotatable bonds is 8. The number of hydrogen-bond acceptors (Lipinski definition) is 5. The maximum absolute atomic E-state index is 12.0. The molecule has 0 spiro atoms. The summed E-state index contributed by atoms with van der Waals surface area (Å²) in [6.07, 6.45) is 3.48. The quantitative estimate of drug-likeness (QED) is 0.533. The first-order chi connectivity index (χ1) is 13.5. The van der Waals surface area contributed by atoms with E-state index in [0.717, 1.165) is 10.8 Å². The standard InChI is InChI=1S/C22H24N2O4.ClH/c1-4-27-20-12-16(6-8-19(20)28-14(2)3)21(22(25)26)24-18-7-5-17-13-23-10-9-15(17)11-18;/h5-14,21,24H,4H2,1-3H3,(H,25,26);1H. The molecule has 0 aliphatic carbocycles. The SMILES string of the molecule is CCOc1cc(C(Nc2ccc3cnccc3c2)C(=O)O)ccc1OC(C)C.Cl. The Hall–Kier alpha value is -2.99. The minimum atomic E-state index is -0.977. The fraction of sp³-hybridized carbons (Fsp3) is 0.273. The average molecular weight is 417 g/mol. The number of nitrogens with zero attached hydrogens (tertiary/aromatic N) is 1. The molecule has 2 aromatic carbocycles. The van der Waals surface area contributed by atoms with Gasteiger partial charge in [-0.3, -0.25) is 4.98 Å². The molecule has 29 heavy (non-hydrogen) atoms. The number of pyridine rings is 1. The monoisotopic (exact) mass is 416 g/mol. The summed E-state index contributed by atoms with van der Waals surface area (Å²) in [5.74, 6) is 0.157. The van der Waals surface area contributed by atoms with Crippen molar-refractivity contribution in [2.45, 2.75) is 32.9 Å². The summed E-state index contributed by atoms with van der Waals surface area (Å²) in [7, 11) is 0. The van der Waals surface area contributed by atoms with Gasteiger partial charge in [-0.1, -0.05) is 12.1 Å². The minimum Gasteiger partial charge on any atom is -0.490 e. The topological polar surface area (TPSA) is 80.7 Å². The molecule has 0 radical (unpaired) electrons. The van der Waals surface area contributed by atoms with Crippen molar-refractivity contribution in [3.05, 3.63) is 60.4 Å². The normalized spacial score (nSPS) is 11.6. The molecule has 1 atom stereocenters. The molecule has 2 N–H and O–H groups in total. The van der Waals surface area contributed by atoms with E-state index in [1.807, 2.05) is 45.0 Å². The van der Waals surface area contributed by atoms with Gasteiger partial charge >= 0.3 is 5.97 Å². The summed E-state index contributed by atoms with van der Waals surface area (Å²) < 4.78 is 11.4. The fourth-order valence-electron chi connectivity index (χ4n) is 2.95. The van der Waals surface area contributed by atoms with Crippen LogP contribution in [0.2, 0.25) is 0 Å². The van der Waals surface area contributed by atoms with Gasteiger partial charge in [0.15, 0.2) is 17.5 Å². The molecule has 7 heteroatoms. The lowest BCUT2D eigenvalue weighted by atomic mass is 10.0. The van der Waals surface area contributed by atoms with Crippen LogP contribution in [0.5, 0.6) is 11.5 Å². The molecule has 3 aromatic rings. The van der Waals surface area contributed by atoms with Crippen LogP contribution in [0.3, 0.4) is 0 Å². The highest BCUT2D eigenvalue weighted by Gasteiger charge is 2.22. The van der Waals surface area contributed by atoms with Gasteiger partial charge in [0.2, 0.25) is 0 Å². The zero-order valence-electron chi connectivity index (χ0n) is 16.6. The lowest BCUT2D eigenvalue weighted by Crippen LogP contribution is -2.20. The average Bonchev–Trinajstić information content (AvgIpc) is 2.67. The van der Waals surface area contributed by atoms with E-state index in [-0.39, 0.29) is 18.5 Å². The smallest absolute Gasteiger partial charge is 0.330 e. The molecule has 1 heterocycles. The largest absolute Gasteiger partial charge is 0.490 e. The molecule has 1 aromatic heterocycles. The van der Waals surface area contributed by atoms with Crippen molar-refractivity contribution in [3.8, 4) is 11.5 Å². The summed E-state index contributed by atoms with van der Waals surface area (Å²) in [4.78, 5) is 16.0. The highest BCUT2D eigenvalue weighted by molar-refractivity contribution is 5.86. The maximum atomic E-state index is 12.0. The summed E-state index contributed by atoms with van der Waals surface area (Å²) >= 11 is 0. The number of aromatic nitrogens is 1. The van der Waals surface area contributed by atoms with Gasteiger partial charge in [0.25, 0.3) is 0 Å². The predicted molar refractivity (Wildman–Crippen MR) is 116 cm³/mol. The third-order valence-corrected chi connectivity index (χ3v) is 4.16. The lowest BCUT2D eigenvalue weighted by Gasteiger charge is -2.20. The highest BCUT2D eigenvalue weighted by Crippen LogP contribution is 2.33. The van der Waals surface area contributed by atoms with Crippen LogP contribution < -0.4 is 14.8 Å². The maximum Gasteiger partial charge on any atom is 0.330 e. The summed E-state index contributed by atoms with van der Waals surface area (Å²) in [5.41, 5.74) is 1.30. The van der Waals surface area contributed by atoms with E-state index in [0.29, 0.717) is 29.4 Å². The van der Waals surface area contributed by atoms with Crippen LogP contribution in [-0.2, 0) is 4.79 Å². The number of carboxylic acids is 1. The molecule has 3 rings (SSSR count). The molecular formula is C22H25ClN2O4. The summed E-state index contributed by atoms with van der Waals surface area (Å²) in [6, 6.07) is 11.9. The highest BCUT2D eigenvalue weighted by atomic mass is 35.5. The minimum absolute atomic E-state index is 0. The van der Waals surface area contributed by atoms with Crippen LogP contribution in [-0.4, -0.2) is 28.8 Å². The Kier molecular flexibility index (Phi) is 7.67. The molecule has 0 aliphatic heterocycles. The Bertz CT molecular complexity index is 978. The first kappa shape index (κ1) is 22.3. The number of benzene rings is 2. The number of nitrogens with one attached hydrogen (secondary N) is 1. The van der Waals surface area contributed by atoms with Crippen LogP contribution in [0, 0.1) is 0 Å². The lowest BCUT2D eigenvalue weighted by molar-refractivity contribution is -0.138.